The average Bonchev–Trinajstić information content (AvgIpc) is 2.41. The lowest BCUT2D eigenvalue weighted by atomic mass is 10.2. The van der Waals surface area contributed by atoms with Crippen molar-refractivity contribution in [3.63, 3.8) is 0 Å². The van der Waals surface area contributed by atoms with Crippen LogP contribution in [0.4, 0.5) is 5.69 Å². The van der Waals surface area contributed by atoms with Crippen LogP contribution in [-0.2, 0) is 0 Å². The van der Waals surface area contributed by atoms with E-state index >= 15 is 0 Å². The summed E-state index contributed by atoms with van der Waals surface area (Å²) >= 11 is 0. The molecule has 104 valence electrons. The van der Waals surface area contributed by atoms with Gasteiger partial charge in [-0.3, -0.25) is 10.1 Å². The Balaban J connectivity index is 2.37. The van der Waals surface area contributed by atoms with Crippen LogP contribution in [0, 0.1) is 10.1 Å². The number of nitro groups is 1. The molecule has 20 heavy (non-hydrogen) atoms. The first-order chi connectivity index (χ1) is 9.61. The molecule has 0 aliphatic heterocycles. The standard InChI is InChI=1S/C14H13NO5/c1-2-19-12-4-3-5-13(14(12)15(17)18)20-11-8-6-10(16)7-9-11/h3-9,16H,2H2,1H3. The van der Waals surface area contributed by atoms with Crippen molar-refractivity contribution in [1.29, 1.82) is 0 Å². The van der Waals surface area contributed by atoms with E-state index in [1.807, 2.05) is 0 Å². The van der Waals surface area contributed by atoms with E-state index in [9.17, 15) is 15.2 Å². The first kappa shape index (κ1) is 13.7. The minimum Gasteiger partial charge on any atom is -0.508 e. The van der Waals surface area contributed by atoms with Crippen LogP contribution in [0.15, 0.2) is 42.5 Å². The summed E-state index contributed by atoms with van der Waals surface area (Å²) in [4.78, 5) is 10.6. The number of para-hydroxylation sites is 1. The van der Waals surface area contributed by atoms with E-state index in [1.165, 1.54) is 36.4 Å². The highest BCUT2D eigenvalue weighted by molar-refractivity contribution is 5.58. The third kappa shape index (κ3) is 2.97. The topological polar surface area (TPSA) is 81.8 Å². The second-order valence-corrected chi connectivity index (χ2v) is 3.89. The average molecular weight is 275 g/mol. The van der Waals surface area contributed by atoms with Gasteiger partial charge >= 0.3 is 5.69 Å². The summed E-state index contributed by atoms with van der Waals surface area (Å²) in [5, 5.41) is 20.4. The summed E-state index contributed by atoms with van der Waals surface area (Å²) < 4.78 is 10.7. The highest BCUT2D eigenvalue weighted by atomic mass is 16.6. The molecular formula is C14H13NO5. The summed E-state index contributed by atoms with van der Waals surface area (Å²) in [6, 6.07) is 10.5. The molecule has 0 aliphatic rings. The van der Waals surface area contributed by atoms with Crippen molar-refractivity contribution in [2.24, 2.45) is 0 Å². The van der Waals surface area contributed by atoms with E-state index in [2.05, 4.69) is 0 Å². The fourth-order valence-electron chi connectivity index (χ4n) is 1.68. The summed E-state index contributed by atoms with van der Waals surface area (Å²) in [7, 11) is 0. The van der Waals surface area contributed by atoms with Gasteiger partial charge in [-0.1, -0.05) is 6.07 Å². The van der Waals surface area contributed by atoms with Crippen molar-refractivity contribution in [1.82, 2.24) is 0 Å². The molecule has 0 heterocycles. The molecular weight excluding hydrogens is 262 g/mol. The van der Waals surface area contributed by atoms with E-state index < -0.39 is 4.92 Å². The number of nitrogens with zero attached hydrogens (tertiary/aromatic N) is 1. The highest BCUT2D eigenvalue weighted by Gasteiger charge is 2.22. The Kier molecular flexibility index (Phi) is 4.05. The zero-order valence-electron chi connectivity index (χ0n) is 10.8. The molecule has 0 unspecified atom stereocenters. The monoisotopic (exact) mass is 275 g/mol. The minimum absolute atomic E-state index is 0.0895. The molecule has 0 spiro atoms. The van der Waals surface area contributed by atoms with Crippen molar-refractivity contribution >= 4 is 5.69 Å². The molecule has 2 aromatic rings. The van der Waals surface area contributed by atoms with E-state index in [4.69, 9.17) is 9.47 Å². The first-order valence-corrected chi connectivity index (χ1v) is 5.99. The third-order valence-electron chi connectivity index (χ3n) is 2.51. The molecule has 0 fully saturated rings. The minimum atomic E-state index is -0.541. The molecule has 2 aromatic carbocycles. The molecule has 0 aliphatic carbocycles. The Bertz CT molecular complexity index is 609. The van der Waals surface area contributed by atoms with Crippen LogP contribution in [0.3, 0.4) is 0 Å². The van der Waals surface area contributed by atoms with E-state index in [0.717, 1.165) is 0 Å². The zero-order chi connectivity index (χ0) is 14.5. The van der Waals surface area contributed by atoms with Crippen molar-refractivity contribution in [2.75, 3.05) is 6.61 Å². The lowest BCUT2D eigenvalue weighted by Gasteiger charge is -2.09. The Labute approximate surface area is 115 Å². The van der Waals surface area contributed by atoms with Crippen LogP contribution in [0.25, 0.3) is 0 Å². The molecule has 0 saturated carbocycles. The van der Waals surface area contributed by atoms with Gasteiger partial charge in [0.15, 0.2) is 0 Å². The number of hydrogen-bond donors (Lipinski definition) is 1. The van der Waals surface area contributed by atoms with Gasteiger partial charge in [-0.15, -0.1) is 0 Å². The summed E-state index contributed by atoms with van der Waals surface area (Å²) in [5.74, 6) is 0.731. The van der Waals surface area contributed by atoms with Gasteiger partial charge < -0.3 is 14.6 Å². The van der Waals surface area contributed by atoms with E-state index in [-0.39, 0.29) is 22.9 Å². The third-order valence-corrected chi connectivity index (χ3v) is 2.51. The molecule has 0 atom stereocenters. The van der Waals surface area contributed by atoms with Crippen LogP contribution >= 0.6 is 0 Å². The SMILES string of the molecule is CCOc1cccc(Oc2ccc(O)cc2)c1[N+](=O)[O-]. The number of ether oxygens (including phenoxy) is 2. The molecule has 1 N–H and O–H groups in total. The van der Waals surface area contributed by atoms with Gasteiger partial charge in [0.05, 0.1) is 11.5 Å². The number of phenolic OH excluding ortho intramolecular Hbond substituents is 1. The number of nitro benzene ring substituents is 1. The molecule has 6 heteroatoms. The van der Waals surface area contributed by atoms with Gasteiger partial charge in [-0.2, -0.15) is 0 Å². The molecule has 2 rings (SSSR count). The van der Waals surface area contributed by atoms with Gasteiger partial charge in [0.25, 0.3) is 0 Å². The molecule has 0 saturated heterocycles. The number of aromatic hydroxyl groups is 1. The number of phenols is 1. The maximum atomic E-state index is 11.2. The van der Waals surface area contributed by atoms with Crippen molar-refractivity contribution in [2.45, 2.75) is 6.92 Å². The second kappa shape index (κ2) is 5.92. The lowest BCUT2D eigenvalue weighted by Crippen LogP contribution is -1.99. The Morgan fingerprint density at radius 1 is 1.15 bits per heavy atom. The Morgan fingerprint density at radius 2 is 1.80 bits per heavy atom. The number of hydrogen-bond acceptors (Lipinski definition) is 5. The summed E-state index contributed by atoms with van der Waals surface area (Å²) in [5.41, 5.74) is -0.220. The normalized spacial score (nSPS) is 10.1. The smallest absolute Gasteiger partial charge is 0.352 e. The van der Waals surface area contributed by atoms with E-state index in [1.54, 1.807) is 13.0 Å². The Hall–Kier alpha value is -2.76. The van der Waals surface area contributed by atoms with Crippen LogP contribution in [0.5, 0.6) is 23.0 Å². The van der Waals surface area contributed by atoms with Crippen LogP contribution in [0.2, 0.25) is 0 Å². The summed E-state index contributed by atoms with van der Waals surface area (Å²) in [6.07, 6.45) is 0. The maximum Gasteiger partial charge on any atom is 0.352 e. The predicted molar refractivity (Wildman–Crippen MR) is 72.4 cm³/mol. The molecule has 0 amide bonds. The highest BCUT2D eigenvalue weighted by Crippen LogP contribution is 2.39. The van der Waals surface area contributed by atoms with Gasteiger partial charge in [-0.05, 0) is 43.3 Å². The molecule has 0 bridgehead atoms. The fraction of sp³-hybridized carbons (Fsp3) is 0.143. The number of benzene rings is 2. The maximum absolute atomic E-state index is 11.2. The zero-order valence-corrected chi connectivity index (χ0v) is 10.8. The van der Waals surface area contributed by atoms with Gasteiger partial charge in [0.2, 0.25) is 11.5 Å². The van der Waals surface area contributed by atoms with Crippen LogP contribution < -0.4 is 9.47 Å². The fourth-order valence-corrected chi connectivity index (χ4v) is 1.68. The van der Waals surface area contributed by atoms with Gasteiger partial charge in [0, 0.05) is 0 Å². The lowest BCUT2D eigenvalue weighted by molar-refractivity contribution is -0.386. The summed E-state index contributed by atoms with van der Waals surface area (Å²) in [6.45, 7) is 2.07. The quantitative estimate of drug-likeness (QED) is 0.667. The Morgan fingerprint density at radius 3 is 2.40 bits per heavy atom. The van der Waals surface area contributed by atoms with Crippen molar-refractivity contribution in [3.8, 4) is 23.0 Å². The predicted octanol–water partition coefficient (Wildman–Crippen LogP) is 3.49. The van der Waals surface area contributed by atoms with Crippen molar-refractivity contribution < 1.29 is 19.5 Å². The van der Waals surface area contributed by atoms with Crippen molar-refractivity contribution in [3.05, 3.63) is 52.6 Å². The van der Waals surface area contributed by atoms with Gasteiger partial charge in [0.1, 0.15) is 11.5 Å². The molecule has 0 aromatic heterocycles. The van der Waals surface area contributed by atoms with Crippen LogP contribution in [0.1, 0.15) is 6.92 Å². The second-order valence-electron chi connectivity index (χ2n) is 3.89. The first-order valence-electron chi connectivity index (χ1n) is 5.99. The largest absolute Gasteiger partial charge is 0.508 e. The molecule has 0 radical (unpaired) electrons. The number of rotatable bonds is 5. The molecule has 6 nitrogen and oxygen atoms in total. The van der Waals surface area contributed by atoms with Crippen LogP contribution in [-0.4, -0.2) is 16.6 Å². The van der Waals surface area contributed by atoms with E-state index in [0.29, 0.717) is 12.4 Å². The van der Waals surface area contributed by atoms with Gasteiger partial charge in [-0.25, -0.2) is 0 Å².